The van der Waals surface area contributed by atoms with E-state index in [1.807, 2.05) is 0 Å². The second-order valence-corrected chi connectivity index (χ2v) is 6.42. The first kappa shape index (κ1) is 19.7. The first-order chi connectivity index (χ1) is 13.5. The lowest BCUT2D eigenvalue weighted by molar-refractivity contribution is 0.159. The molecule has 28 heavy (non-hydrogen) atoms. The second kappa shape index (κ2) is 8.77. The Morgan fingerprint density at radius 1 is 1.32 bits per heavy atom. The van der Waals surface area contributed by atoms with Gasteiger partial charge in [0.05, 0.1) is 18.3 Å². The van der Waals surface area contributed by atoms with Gasteiger partial charge in [0.25, 0.3) is 0 Å². The molecular weight excluding hydrogens is 389 g/mol. The lowest BCUT2D eigenvalue weighted by Gasteiger charge is -2.14. The average Bonchev–Trinajstić information content (AvgIpc) is 3.16. The SMILES string of the molecule is COCC(C)NC(=O)Oc1cc(-c2ccc(Cl)cc2F)cc(-n2cnnn2)c1. The van der Waals surface area contributed by atoms with E-state index in [2.05, 4.69) is 20.8 Å². The Labute approximate surface area is 165 Å². The van der Waals surface area contributed by atoms with E-state index in [1.54, 1.807) is 37.3 Å². The van der Waals surface area contributed by atoms with Gasteiger partial charge in [-0.1, -0.05) is 11.6 Å². The molecule has 3 rings (SSSR count). The molecule has 0 saturated heterocycles. The number of benzene rings is 2. The summed E-state index contributed by atoms with van der Waals surface area (Å²) in [6.45, 7) is 2.11. The Kier molecular flexibility index (Phi) is 6.17. The number of methoxy groups -OCH3 is 1. The highest BCUT2D eigenvalue weighted by atomic mass is 35.5. The topological polar surface area (TPSA) is 91.2 Å². The van der Waals surface area contributed by atoms with Gasteiger partial charge in [0.2, 0.25) is 0 Å². The quantitative estimate of drug-likeness (QED) is 0.677. The van der Waals surface area contributed by atoms with Crippen molar-refractivity contribution >= 4 is 17.7 Å². The Morgan fingerprint density at radius 3 is 2.82 bits per heavy atom. The van der Waals surface area contributed by atoms with E-state index in [0.717, 1.165) is 0 Å². The predicted octanol–water partition coefficient (Wildman–Crippen LogP) is 3.25. The molecule has 146 valence electrons. The van der Waals surface area contributed by atoms with Gasteiger partial charge in [-0.2, -0.15) is 0 Å². The van der Waals surface area contributed by atoms with Crippen LogP contribution in [0.25, 0.3) is 16.8 Å². The van der Waals surface area contributed by atoms with Crippen LogP contribution >= 0.6 is 11.6 Å². The molecule has 8 nitrogen and oxygen atoms in total. The number of tetrazole rings is 1. The summed E-state index contributed by atoms with van der Waals surface area (Å²) in [5.41, 5.74) is 1.25. The van der Waals surface area contributed by atoms with Crippen molar-refractivity contribution in [3.8, 4) is 22.6 Å². The molecule has 0 aliphatic carbocycles. The van der Waals surface area contributed by atoms with E-state index >= 15 is 0 Å². The molecule has 0 radical (unpaired) electrons. The summed E-state index contributed by atoms with van der Waals surface area (Å²) >= 11 is 5.83. The molecule has 0 bridgehead atoms. The number of hydrogen-bond donors (Lipinski definition) is 1. The summed E-state index contributed by atoms with van der Waals surface area (Å²) in [6.07, 6.45) is 0.711. The molecule has 10 heteroatoms. The molecule has 1 N–H and O–H groups in total. The number of ether oxygens (including phenoxy) is 2. The molecule has 1 unspecified atom stereocenters. The number of aromatic nitrogens is 4. The number of halogens is 2. The number of nitrogens with zero attached hydrogens (tertiary/aromatic N) is 4. The van der Waals surface area contributed by atoms with Gasteiger partial charge in [-0.15, -0.1) is 5.10 Å². The fraction of sp³-hybridized carbons (Fsp3) is 0.222. The summed E-state index contributed by atoms with van der Waals surface area (Å²) in [7, 11) is 1.53. The third-order valence-electron chi connectivity index (χ3n) is 3.74. The molecular formula is C18H17ClFN5O3. The van der Waals surface area contributed by atoms with Crippen molar-refractivity contribution in [2.24, 2.45) is 0 Å². The third kappa shape index (κ3) is 4.81. The summed E-state index contributed by atoms with van der Waals surface area (Å²) in [4.78, 5) is 12.1. The number of carbonyl (C=O) groups excluding carboxylic acids is 1. The number of nitrogens with one attached hydrogen (secondary N) is 1. The Morgan fingerprint density at radius 2 is 2.14 bits per heavy atom. The largest absolute Gasteiger partial charge is 0.412 e. The lowest BCUT2D eigenvalue weighted by atomic mass is 10.0. The number of rotatable bonds is 6. The lowest BCUT2D eigenvalue weighted by Crippen LogP contribution is -2.37. The van der Waals surface area contributed by atoms with Gasteiger partial charge in [0.1, 0.15) is 17.9 Å². The highest BCUT2D eigenvalue weighted by molar-refractivity contribution is 6.30. The van der Waals surface area contributed by atoms with Crippen LogP contribution in [0.1, 0.15) is 6.92 Å². The second-order valence-electron chi connectivity index (χ2n) is 5.98. The first-order valence-electron chi connectivity index (χ1n) is 8.27. The van der Waals surface area contributed by atoms with Gasteiger partial charge >= 0.3 is 6.09 Å². The minimum atomic E-state index is -0.666. The molecule has 0 aliphatic heterocycles. The average molecular weight is 406 g/mol. The number of hydrogen-bond acceptors (Lipinski definition) is 6. The van der Waals surface area contributed by atoms with Crippen LogP contribution in [0.15, 0.2) is 42.7 Å². The summed E-state index contributed by atoms with van der Waals surface area (Å²) in [6, 6.07) is 8.86. The number of carbonyl (C=O) groups is 1. The van der Waals surface area contributed by atoms with Gasteiger partial charge in [0.15, 0.2) is 0 Å². The molecule has 1 aromatic heterocycles. The van der Waals surface area contributed by atoms with Crippen molar-refractivity contribution in [3.05, 3.63) is 53.6 Å². The Hall–Kier alpha value is -3.04. The first-order valence-corrected chi connectivity index (χ1v) is 8.65. The van der Waals surface area contributed by atoms with Crippen LogP contribution in [0.4, 0.5) is 9.18 Å². The van der Waals surface area contributed by atoms with Gasteiger partial charge in [-0.3, -0.25) is 0 Å². The highest BCUT2D eigenvalue weighted by Gasteiger charge is 2.14. The van der Waals surface area contributed by atoms with E-state index in [-0.39, 0.29) is 22.4 Å². The smallest absolute Gasteiger partial charge is 0.410 e. The molecule has 2 aromatic carbocycles. The maximum absolute atomic E-state index is 14.4. The van der Waals surface area contributed by atoms with Gasteiger partial charge in [-0.05, 0) is 53.2 Å². The van der Waals surface area contributed by atoms with E-state index in [9.17, 15) is 9.18 Å². The monoisotopic (exact) mass is 405 g/mol. The van der Waals surface area contributed by atoms with Crippen molar-refractivity contribution in [1.82, 2.24) is 25.5 Å². The Balaban J connectivity index is 1.95. The van der Waals surface area contributed by atoms with Crippen molar-refractivity contribution < 1.29 is 18.7 Å². The minimum Gasteiger partial charge on any atom is -0.410 e. The van der Waals surface area contributed by atoms with Gasteiger partial charge < -0.3 is 14.8 Å². The zero-order valence-corrected chi connectivity index (χ0v) is 15.9. The van der Waals surface area contributed by atoms with E-state index in [0.29, 0.717) is 17.9 Å². The van der Waals surface area contributed by atoms with E-state index in [1.165, 1.54) is 24.2 Å². The van der Waals surface area contributed by atoms with Crippen LogP contribution in [0.2, 0.25) is 5.02 Å². The normalized spacial score (nSPS) is 11.9. The van der Waals surface area contributed by atoms with E-state index < -0.39 is 11.9 Å². The maximum atomic E-state index is 14.4. The van der Waals surface area contributed by atoms with Crippen molar-refractivity contribution in [1.29, 1.82) is 0 Å². The maximum Gasteiger partial charge on any atom is 0.412 e. The highest BCUT2D eigenvalue weighted by Crippen LogP contribution is 2.30. The predicted molar refractivity (Wildman–Crippen MR) is 100 cm³/mol. The van der Waals surface area contributed by atoms with Crippen molar-refractivity contribution in [2.75, 3.05) is 13.7 Å². The molecule has 1 atom stereocenters. The molecule has 3 aromatic rings. The van der Waals surface area contributed by atoms with Gasteiger partial charge in [-0.25, -0.2) is 13.9 Å². The van der Waals surface area contributed by atoms with Crippen LogP contribution in [-0.4, -0.2) is 46.1 Å². The molecule has 0 fully saturated rings. The summed E-state index contributed by atoms with van der Waals surface area (Å²) in [5.74, 6) is -0.315. The molecule has 0 saturated carbocycles. The molecule has 1 amide bonds. The molecule has 0 spiro atoms. The molecule has 0 aliphatic rings. The van der Waals surface area contributed by atoms with Crippen LogP contribution in [0.5, 0.6) is 5.75 Å². The standard InChI is InChI=1S/C18H17ClFN5O3/c1-11(9-27-2)22-18(26)28-15-6-12(16-4-3-13(19)7-17(16)20)5-14(8-15)25-10-21-23-24-25/h3-8,10-11H,9H2,1-2H3,(H,22,26). The van der Waals surface area contributed by atoms with Gasteiger partial charge in [0, 0.05) is 23.8 Å². The van der Waals surface area contributed by atoms with Crippen LogP contribution in [0, 0.1) is 5.82 Å². The Bertz CT molecular complexity index is 968. The minimum absolute atomic E-state index is 0.194. The van der Waals surface area contributed by atoms with Crippen LogP contribution in [-0.2, 0) is 4.74 Å². The molecule has 1 heterocycles. The van der Waals surface area contributed by atoms with Crippen LogP contribution < -0.4 is 10.1 Å². The third-order valence-corrected chi connectivity index (χ3v) is 3.97. The summed E-state index contributed by atoms with van der Waals surface area (Å²) < 4.78 is 26.1. The summed E-state index contributed by atoms with van der Waals surface area (Å²) in [5, 5.41) is 13.9. The fourth-order valence-corrected chi connectivity index (χ4v) is 2.72. The van der Waals surface area contributed by atoms with Crippen molar-refractivity contribution in [2.45, 2.75) is 13.0 Å². The fourth-order valence-electron chi connectivity index (χ4n) is 2.56. The number of amides is 1. The van der Waals surface area contributed by atoms with Crippen LogP contribution in [0.3, 0.4) is 0 Å². The van der Waals surface area contributed by atoms with E-state index in [4.69, 9.17) is 21.1 Å². The zero-order chi connectivity index (χ0) is 20.1. The zero-order valence-electron chi connectivity index (χ0n) is 15.1. The van der Waals surface area contributed by atoms with Crippen molar-refractivity contribution in [3.63, 3.8) is 0 Å².